The van der Waals surface area contributed by atoms with Crippen LogP contribution in [0.2, 0.25) is 0 Å². The average Bonchev–Trinajstić information content (AvgIpc) is 3.10. The second kappa shape index (κ2) is 3.47. The number of epoxide rings is 1. The summed E-state index contributed by atoms with van der Waals surface area (Å²) >= 11 is 0. The van der Waals surface area contributed by atoms with Crippen molar-refractivity contribution in [3.05, 3.63) is 30.7 Å². The van der Waals surface area contributed by atoms with Crippen LogP contribution in [0.1, 0.15) is 0 Å². The molecule has 0 saturated carbocycles. The van der Waals surface area contributed by atoms with Crippen LogP contribution < -0.4 is 4.74 Å². The molecule has 1 aliphatic heterocycles. The topological polar surface area (TPSA) is 47.5 Å². The molecular weight excluding hydrogens is 192 g/mol. The maximum atomic E-state index is 5.55. The minimum atomic E-state index is 0.283. The Hall–Kier alpha value is -1.68. The highest BCUT2D eigenvalue weighted by Crippen LogP contribution is 2.19. The SMILES string of the molecule is c1ncc2ccc(OCC3CO3)cc2n1. The van der Waals surface area contributed by atoms with E-state index in [4.69, 9.17) is 9.47 Å². The Kier molecular flexibility index (Phi) is 1.99. The fourth-order valence-electron chi connectivity index (χ4n) is 1.40. The van der Waals surface area contributed by atoms with Gasteiger partial charge < -0.3 is 9.47 Å². The van der Waals surface area contributed by atoms with E-state index in [2.05, 4.69) is 9.97 Å². The van der Waals surface area contributed by atoms with Crippen molar-refractivity contribution in [1.29, 1.82) is 0 Å². The van der Waals surface area contributed by atoms with Gasteiger partial charge in [-0.1, -0.05) is 0 Å². The molecule has 0 N–H and O–H groups in total. The van der Waals surface area contributed by atoms with Crippen LogP contribution in [0, 0.1) is 0 Å². The summed E-state index contributed by atoms with van der Waals surface area (Å²) in [6.45, 7) is 1.44. The van der Waals surface area contributed by atoms with Gasteiger partial charge in [-0.2, -0.15) is 0 Å². The van der Waals surface area contributed by atoms with Gasteiger partial charge in [0.1, 0.15) is 24.8 Å². The van der Waals surface area contributed by atoms with Crippen molar-refractivity contribution in [1.82, 2.24) is 9.97 Å². The minimum Gasteiger partial charge on any atom is -0.491 e. The van der Waals surface area contributed by atoms with Gasteiger partial charge in [-0.25, -0.2) is 9.97 Å². The van der Waals surface area contributed by atoms with E-state index in [1.54, 1.807) is 6.20 Å². The zero-order valence-corrected chi connectivity index (χ0v) is 8.09. The summed E-state index contributed by atoms with van der Waals surface area (Å²) in [4.78, 5) is 8.12. The van der Waals surface area contributed by atoms with E-state index in [0.717, 1.165) is 23.3 Å². The molecule has 0 amide bonds. The monoisotopic (exact) mass is 202 g/mol. The first-order chi connectivity index (χ1) is 7.42. The Morgan fingerprint density at radius 1 is 1.47 bits per heavy atom. The van der Waals surface area contributed by atoms with Crippen molar-refractivity contribution >= 4 is 10.9 Å². The number of rotatable bonds is 3. The molecule has 4 heteroatoms. The van der Waals surface area contributed by atoms with Gasteiger partial charge in [0, 0.05) is 17.6 Å². The maximum absolute atomic E-state index is 5.55. The van der Waals surface area contributed by atoms with E-state index in [-0.39, 0.29) is 6.10 Å². The predicted molar refractivity (Wildman–Crippen MR) is 54.8 cm³/mol. The minimum absolute atomic E-state index is 0.283. The number of hydrogen-bond donors (Lipinski definition) is 0. The lowest BCUT2D eigenvalue weighted by molar-refractivity contribution is 0.263. The van der Waals surface area contributed by atoms with Gasteiger partial charge in [-0.3, -0.25) is 0 Å². The standard InChI is InChI=1S/C11H10N2O2/c1-2-9(14-5-10-6-15-10)3-11-8(1)4-12-7-13-11/h1-4,7,10H,5-6H2. The number of aromatic nitrogens is 2. The first-order valence-electron chi connectivity index (χ1n) is 4.86. The van der Waals surface area contributed by atoms with Crippen molar-refractivity contribution in [3.8, 4) is 5.75 Å². The molecule has 1 fully saturated rings. The third kappa shape index (κ3) is 1.89. The van der Waals surface area contributed by atoms with Crippen LogP contribution in [0.25, 0.3) is 10.9 Å². The largest absolute Gasteiger partial charge is 0.491 e. The second-order valence-electron chi connectivity index (χ2n) is 3.51. The average molecular weight is 202 g/mol. The number of benzene rings is 1. The lowest BCUT2D eigenvalue weighted by Gasteiger charge is -2.04. The van der Waals surface area contributed by atoms with E-state index in [1.807, 2.05) is 18.2 Å². The van der Waals surface area contributed by atoms with E-state index in [1.165, 1.54) is 6.33 Å². The number of hydrogen-bond acceptors (Lipinski definition) is 4. The van der Waals surface area contributed by atoms with Gasteiger partial charge >= 0.3 is 0 Å². The van der Waals surface area contributed by atoms with E-state index >= 15 is 0 Å². The summed E-state index contributed by atoms with van der Waals surface area (Å²) in [6.07, 6.45) is 3.61. The molecule has 0 aliphatic carbocycles. The van der Waals surface area contributed by atoms with Gasteiger partial charge in [0.2, 0.25) is 0 Å². The fraction of sp³-hybridized carbons (Fsp3) is 0.273. The van der Waals surface area contributed by atoms with Crippen molar-refractivity contribution in [2.75, 3.05) is 13.2 Å². The highest BCUT2D eigenvalue weighted by molar-refractivity contribution is 5.78. The molecule has 1 aliphatic rings. The van der Waals surface area contributed by atoms with Crippen molar-refractivity contribution in [2.45, 2.75) is 6.10 Å². The van der Waals surface area contributed by atoms with Crippen molar-refractivity contribution < 1.29 is 9.47 Å². The molecule has 0 spiro atoms. The third-order valence-corrected chi connectivity index (χ3v) is 2.32. The normalized spacial score (nSPS) is 19.1. The molecule has 4 nitrogen and oxygen atoms in total. The molecule has 76 valence electrons. The van der Waals surface area contributed by atoms with Gasteiger partial charge in [-0.15, -0.1) is 0 Å². The molecule has 15 heavy (non-hydrogen) atoms. The zero-order valence-electron chi connectivity index (χ0n) is 8.09. The maximum Gasteiger partial charge on any atom is 0.121 e. The summed E-state index contributed by atoms with van der Waals surface area (Å²) in [6, 6.07) is 5.80. The van der Waals surface area contributed by atoms with E-state index in [9.17, 15) is 0 Å². The summed E-state index contributed by atoms with van der Waals surface area (Å²) in [7, 11) is 0. The highest BCUT2D eigenvalue weighted by atomic mass is 16.6. The summed E-state index contributed by atoms with van der Waals surface area (Å²) in [5.41, 5.74) is 0.902. The molecule has 1 aromatic heterocycles. The van der Waals surface area contributed by atoms with Crippen LogP contribution in [0.3, 0.4) is 0 Å². The first kappa shape index (κ1) is 8.61. The Bertz CT molecular complexity index is 483. The lowest BCUT2D eigenvalue weighted by atomic mass is 10.2. The Balaban J connectivity index is 1.84. The Labute approximate surface area is 86.9 Å². The number of fused-ring (bicyclic) bond motifs is 1. The van der Waals surface area contributed by atoms with E-state index in [0.29, 0.717) is 6.61 Å². The summed E-state index contributed by atoms with van der Waals surface area (Å²) in [5.74, 6) is 0.830. The first-order valence-corrected chi connectivity index (χ1v) is 4.86. The van der Waals surface area contributed by atoms with Crippen LogP contribution in [0.15, 0.2) is 30.7 Å². The Morgan fingerprint density at radius 3 is 3.27 bits per heavy atom. The molecular formula is C11H10N2O2. The van der Waals surface area contributed by atoms with Gasteiger partial charge in [0.25, 0.3) is 0 Å². The molecule has 2 heterocycles. The van der Waals surface area contributed by atoms with E-state index < -0.39 is 0 Å². The number of nitrogens with zero attached hydrogens (tertiary/aromatic N) is 2. The summed E-state index contributed by atoms with van der Waals surface area (Å²) < 4.78 is 10.6. The molecule has 1 aromatic carbocycles. The van der Waals surface area contributed by atoms with Crippen LogP contribution in [-0.2, 0) is 4.74 Å². The van der Waals surface area contributed by atoms with Gasteiger partial charge in [0.15, 0.2) is 0 Å². The fourth-order valence-corrected chi connectivity index (χ4v) is 1.40. The van der Waals surface area contributed by atoms with Crippen LogP contribution in [-0.4, -0.2) is 29.3 Å². The van der Waals surface area contributed by atoms with Crippen LogP contribution in [0.4, 0.5) is 0 Å². The Morgan fingerprint density at radius 2 is 2.40 bits per heavy atom. The molecule has 0 radical (unpaired) electrons. The van der Waals surface area contributed by atoms with Crippen molar-refractivity contribution in [2.24, 2.45) is 0 Å². The summed E-state index contributed by atoms with van der Waals surface area (Å²) in [5, 5.41) is 1.02. The predicted octanol–water partition coefficient (Wildman–Crippen LogP) is 1.41. The van der Waals surface area contributed by atoms with Crippen molar-refractivity contribution in [3.63, 3.8) is 0 Å². The highest BCUT2D eigenvalue weighted by Gasteiger charge is 2.22. The molecule has 1 unspecified atom stereocenters. The number of ether oxygens (including phenoxy) is 2. The molecule has 0 bridgehead atoms. The quantitative estimate of drug-likeness (QED) is 0.706. The molecule has 3 rings (SSSR count). The van der Waals surface area contributed by atoms with Crippen LogP contribution in [0.5, 0.6) is 5.75 Å². The second-order valence-corrected chi connectivity index (χ2v) is 3.51. The molecule has 1 saturated heterocycles. The lowest BCUT2D eigenvalue weighted by Crippen LogP contribution is -2.03. The van der Waals surface area contributed by atoms with Crippen LogP contribution >= 0.6 is 0 Å². The third-order valence-electron chi connectivity index (χ3n) is 2.32. The zero-order chi connectivity index (χ0) is 10.1. The molecule has 1 atom stereocenters. The van der Waals surface area contributed by atoms with Gasteiger partial charge in [-0.05, 0) is 12.1 Å². The molecule has 2 aromatic rings. The smallest absolute Gasteiger partial charge is 0.121 e. The van der Waals surface area contributed by atoms with Gasteiger partial charge in [0.05, 0.1) is 12.1 Å².